The Bertz CT molecular complexity index is 938. The second-order valence-corrected chi connectivity index (χ2v) is 6.38. The molecule has 0 fully saturated rings. The number of nitrogens with zero attached hydrogens (tertiary/aromatic N) is 4. The van der Waals surface area contributed by atoms with Gasteiger partial charge in [-0.3, -0.25) is 29.6 Å². The summed E-state index contributed by atoms with van der Waals surface area (Å²) in [6, 6.07) is 9.51. The summed E-state index contributed by atoms with van der Waals surface area (Å²) in [5.41, 5.74) is 2.11. The number of non-ortho nitro benzene ring substituents is 1. The van der Waals surface area contributed by atoms with E-state index in [1.807, 2.05) is 24.0 Å². The third kappa shape index (κ3) is 3.62. The third-order valence-electron chi connectivity index (χ3n) is 4.75. The van der Waals surface area contributed by atoms with Crippen molar-refractivity contribution in [2.45, 2.75) is 13.3 Å². The molecule has 0 bridgehead atoms. The third-order valence-corrected chi connectivity index (χ3v) is 4.75. The molecule has 0 unspecified atom stereocenters. The van der Waals surface area contributed by atoms with Crippen LogP contribution in [0.25, 0.3) is 5.57 Å². The number of aromatic nitrogens is 1. The Morgan fingerprint density at radius 3 is 2.29 bits per heavy atom. The Morgan fingerprint density at radius 2 is 1.71 bits per heavy atom. The van der Waals surface area contributed by atoms with Crippen molar-refractivity contribution >= 4 is 23.1 Å². The van der Waals surface area contributed by atoms with Crippen LogP contribution in [0.4, 0.5) is 5.69 Å². The zero-order valence-electron chi connectivity index (χ0n) is 15.7. The highest BCUT2D eigenvalue weighted by Gasteiger charge is 2.39. The number of rotatable bonds is 7. The van der Waals surface area contributed by atoms with Gasteiger partial charge in [0.1, 0.15) is 5.70 Å². The monoisotopic (exact) mass is 380 g/mol. The van der Waals surface area contributed by atoms with Gasteiger partial charge in [0.15, 0.2) is 0 Å². The number of amides is 2. The number of likely N-dealkylation sites (N-methyl/N-ethyl adjacent to an activating group) is 2. The van der Waals surface area contributed by atoms with Gasteiger partial charge >= 0.3 is 0 Å². The summed E-state index contributed by atoms with van der Waals surface area (Å²) in [5, 5.41) is 10.9. The van der Waals surface area contributed by atoms with Crippen molar-refractivity contribution in [1.29, 1.82) is 0 Å². The molecule has 144 valence electrons. The van der Waals surface area contributed by atoms with Gasteiger partial charge in [-0.15, -0.1) is 0 Å². The van der Waals surface area contributed by atoms with E-state index in [0.717, 1.165) is 10.5 Å². The van der Waals surface area contributed by atoms with E-state index in [-0.39, 0.29) is 17.2 Å². The number of nitro benzene ring substituents is 1. The summed E-state index contributed by atoms with van der Waals surface area (Å²) < 4.78 is 0. The molecule has 0 atom stereocenters. The molecule has 0 N–H and O–H groups in total. The molecule has 8 heteroatoms. The van der Waals surface area contributed by atoms with Crippen LogP contribution >= 0.6 is 0 Å². The predicted molar refractivity (Wildman–Crippen MR) is 103 cm³/mol. The van der Waals surface area contributed by atoms with Crippen molar-refractivity contribution in [3.8, 4) is 0 Å². The van der Waals surface area contributed by atoms with Crippen molar-refractivity contribution < 1.29 is 14.5 Å². The minimum absolute atomic E-state index is 0.0685. The Morgan fingerprint density at radius 1 is 1.07 bits per heavy atom. The van der Waals surface area contributed by atoms with Crippen LogP contribution in [0, 0.1) is 10.1 Å². The maximum atomic E-state index is 12.8. The van der Waals surface area contributed by atoms with Crippen LogP contribution in [0.5, 0.6) is 0 Å². The first kappa shape index (κ1) is 19.2. The maximum Gasteiger partial charge on any atom is 0.277 e. The van der Waals surface area contributed by atoms with Crippen molar-refractivity contribution in [3.05, 3.63) is 75.7 Å². The number of nitro groups is 1. The fraction of sp³-hybridized carbons (Fsp3) is 0.250. The van der Waals surface area contributed by atoms with E-state index in [2.05, 4.69) is 4.98 Å². The van der Waals surface area contributed by atoms with Gasteiger partial charge in [0, 0.05) is 44.7 Å². The van der Waals surface area contributed by atoms with Crippen LogP contribution in [0.1, 0.15) is 18.1 Å². The average molecular weight is 380 g/mol. The van der Waals surface area contributed by atoms with Crippen LogP contribution < -0.4 is 0 Å². The van der Waals surface area contributed by atoms with Crippen LogP contribution in [0.3, 0.4) is 0 Å². The van der Waals surface area contributed by atoms with Gasteiger partial charge in [-0.1, -0.05) is 0 Å². The van der Waals surface area contributed by atoms with Gasteiger partial charge in [-0.2, -0.15) is 0 Å². The number of imide groups is 1. The molecular weight excluding hydrogens is 360 g/mol. The van der Waals surface area contributed by atoms with Gasteiger partial charge in [-0.05, 0) is 48.7 Å². The molecule has 2 amide bonds. The van der Waals surface area contributed by atoms with E-state index in [1.54, 1.807) is 12.4 Å². The molecule has 3 rings (SSSR count). The molecule has 1 aromatic carbocycles. The van der Waals surface area contributed by atoms with Gasteiger partial charge in [0.2, 0.25) is 0 Å². The average Bonchev–Trinajstić information content (AvgIpc) is 2.93. The Balaban J connectivity index is 1.97. The number of hydrogen-bond acceptors (Lipinski definition) is 6. The standard InChI is InChI=1S/C20H20N4O4/c1-3-23(13-10-14-8-11-21-12-9-14)18-17(19(25)22(2)20(18)26)15-4-6-16(7-5-15)24(27)28/h4-9,11-12H,3,10,13H2,1-2H3. The van der Waals surface area contributed by atoms with Gasteiger partial charge < -0.3 is 4.90 Å². The molecule has 2 aromatic rings. The first-order valence-corrected chi connectivity index (χ1v) is 8.89. The van der Waals surface area contributed by atoms with E-state index < -0.39 is 10.8 Å². The zero-order valence-corrected chi connectivity index (χ0v) is 15.7. The molecule has 8 nitrogen and oxygen atoms in total. The lowest BCUT2D eigenvalue weighted by Gasteiger charge is -2.24. The first-order chi connectivity index (χ1) is 13.4. The minimum Gasteiger partial charge on any atom is -0.366 e. The highest BCUT2D eigenvalue weighted by Crippen LogP contribution is 2.31. The molecule has 0 spiro atoms. The van der Waals surface area contributed by atoms with Gasteiger partial charge in [0.05, 0.1) is 10.5 Å². The highest BCUT2D eigenvalue weighted by molar-refractivity contribution is 6.35. The van der Waals surface area contributed by atoms with E-state index in [4.69, 9.17) is 0 Å². The van der Waals surface area contributed by atoms with Crippen LogP contribution in [-0.4, -0.2) is 51.7 Å². The zero-order chi connectivity index (χ0) is 20.3. The number of hydrogen-bond donors (Lipinski definition) is 0. The summed E-state index contributed by atoms with van der Waals surface area (Å²) in [7, 11) is 1.44. The van der Waals surface area contributed by atoms with E-state index in [9.17, 15) is 19.7 Å². The minimum atomic E-state index is -0.500. The molecule has 1 aliphatic rings. The summed E-state index contributed by atoms with van der Waals surface area (Å²) in [6.45, 7) is 3.02. The molecule has 0 saturated heterocycles. The normalized spacial score (nSPS) is 14.0. The fourth-order valence-electron chi connectivity index (χ4n) is 3.17. The maximum absolute atomic E-state index is 12.8. The van der Waals surface area contributed by atoms with E-state index in [0.29, 0.717) is 30.8 Å². The molecule has 28 heavy (non-hydrogen) atoms. The fourth-order valence-corrected chi connectivity index (χ4v) is 3.17. The molecule has 0 aliphatic carbocycles. The summed E-state index contributed by atoms with van der Waals surface area (Å²) >= 11 is 0. The number of carbonyl (C=O) groups excluding carboxylic acids is 2. The smallest absolute Gasteiger partial charge is 0.277 e. The lowest BCUT2D eigenvalue weighted by atomic mass is 10.0. The van der Waals surface area contributed by atoms with E-state index >= 15 is 0 Å². The van der Waals surface area contributed by atoms with E-state index in [1.165, 1.54) is 31.3 Å². The topological polar surface area (TPSA) is 96.7 Å². The van der Waals surface area contributed by atoms with Crippen molar-refractivity contribution in [3.63, 3.8) is 0 Å². The Kier molecular flexibility index (Phi) is 5.49. The largest absolute Gasteiger partial charge is 0.366 e. The lowest BCUT2D eigenvalue weighted by Crippen LogP contribution is -2.33. The van der Waals surface area contributed by atoms with Crippen LogP contribution in [-0.2, 0) is 16.0 Å². The molecule has 0 saturated carbocycles. The van der Waals surface area contributed by atoms with Crippen LogP contribution in [0.2, 0.25) is 0 Å². The molecule has 2 heterocycles. The quantitative estimate of drug-likeness (QED) is 0.415. The second kappa shape index (κ2) is 7.99. The highest BCUT2D eigenvalue weighted by atomic mass is 16.6. The van der Waals surface area contributed by atoms with Gasteiger partial charge in [-0.25, -0.2) is 0 Å². The summed E-state index contributed by atoms with van der Waals surface area (Å²) in [6.07, 6.45) is 4.12. The Labute approximate surface area is 162 Å². The predicted octanol–water partition coefficient (Wildman–Crippen LogP) is 2.26. The molecule has 0 radical (unpaired) electrons. The lowest BCUT2D eigenvalue weighted by molar-refractivity contribution is -0.384. The van der Waals surface area contributed by atoms with Gasteiger partial charge in [0.25, 0.3) is 17.5 Å². The SMILES string of the molecule is CCN(CCc1ccncc1)C1=C(c2ccc([N+](=O)[O-])cc2)C(=O)N(C)C1=O. The van der Waals surface area contributed by atoms with Crippen molar-refractivity contribution in [2.24, 2.45) is 0 Å². The number of pyridine rings is 1. The molecule has 1 aromatic heterocycles. The number of benzene rings is 1. The summed E-state index contributed by atoms with van der Waals surface area (Å²) in [4.78, 5) is 42.8. The first-order valence-electron chi connectivity index (χ1n) is 8.89. The molecular formula is C20H20N4O4. The summed E-state index contributed by atoms with van der Waals surface area (Å²) in [5.74, 6) is -0.772. The number of carbonyl (C=O) groups is 2. The Hall–Kier alpha value is -3.55. The molecule has 1 aliphatic heterocycles. The van der Waals surface area contributed by atoms with Crippen molar-refractivity contribution in [1.82, 2.24) is 14.8 Å². The van der Waals surface area contributed by atoms with Crippen LogP contribution in [0.15, 0.2) is 54.5 Å². The van der Waals surface area contributed by atoms with Crippen molar-refractivity contribution in [2.75, 3.05) is 20.1 Å². The second-order valence-electron chi connectivity index (χ2n) is 6.38.